The SMILES string of the molecule is CCCCSCCN1C(=O)CCCC1/C=C/CCc1ccc(F)cc1. The van der Waals surface area contributed by atoms with Crippen LogP contribution in [-0.2, 0) is 11.2 Å². The first kappa shape index (κ1) is 20.0. The Morgan fingerprint density at radius 1 is 1.28 bits per heavy atom. The first-order valence-electron chi connectivity index (χ1n) is 9.49. The molecule has 1 aromatic carbocycles. The molecule has 0 saturated carbocycles. The molecule has 1 amide bonds. The van der Waals surface area contributed by atoms with Gasteiger partial charge in [-0.3, -0.25) is 4.79 Å². The largest absolute Gasteiger partial charge is 0.335 e. The fourth-order valence-electron chi connectivity index (χ4n) is 3.10. The molecule has 1 saturated heterocycles. The van der Waals surface area contributed by atoms with Crippen LogP contribution in [0.2, 0.25) is 0 Å². The van der Waals surface area contributed by atoms with Crippen LogP contribution in [-0.4, -0.2) is 34.9 Å². The Morgan fingerprint density at radius 2 is 2.08 bits per heavy atom. The number of carbonyl (C=O) groups excluding carboxylic acids is 1. The number of benzene rings is 1. The molecule has 2 nitrogen and oxygen atoms in total. The van der Waals surface area contributed by atoms with Gasteiger partial charge >= 0.3 is 0 Å². The van der Waals surface area contributed by atoms with E-state index in [0.29, 0.717) is 12.3 Å². The van der Waals surface area contributed by atoms with E-state index in [1.165, 1.54) is 30.7 Å². The molecule has 0 spiro atoms. The van der Waals surface area contributed by atoms with Crippen molar-refractivity contribution in [2.75, 3.05) is 18.1 Å². The third-order valence-corrected chi connectivity index (χ3v) is 5.65. The Bertz CT molecular complexity index is 543. The molecule has 1 aliphatic heterocycles. The lowest BCUT2D eigenvalue weighted by molar-refractivity contribution is -0.134. The van der Waals surface area contributed by atoms with Crippen molar-refractivity contribution < 1.29 is 9.18 Å². The Kier molecular flexibility index (Phi) is 9.09. The number of allylic oxidation sites excluding steroid dienone is 1. The summed E-state index contributed by atoms with van der Waals surface area (Å²) in [4.78, 5) is 14.3. The van der Waals surface area contributed by atoms with Crippen LogP contribution in [0.5, 0.6) is 0 Å². The molecule has 4 heteroatoms. The zero-order chi connectivity index (χ0) is 17.9. The lowest BCUT2D eigenvalue weighted by Gasteiger charge is -2.34. The van der Waals surface area contributed by atoms with Gasteiger partial charge in [0.1, 0.15) is 5.82 Å². The average Bonchev–Trinajstić information content (AvgIpc) is 2.62. The van der Waals surface area contributed by atoms with Gasteiger partial charge in [-0.05, 0) is 55.6 Å². The molecule has 0 radical (unpaired) electrons. The van der Waals surface area contributed by atoms with Gasteiger partial charge in [-0.1, -0.05) is 37.6 Å². The molecule has 0 bridgehead atoms. The Balaban J connectivity index is 1.77. The molecule has 25 heavy (non-hydrogen) atoms. The molecule has 0 N–H and O–H groups in total. The molecule has 1 unspecified atom stereocenters. The van der Waals surface area contributed by atoms with E-state index in [-0.39, 0.29) is 11.9 Å². The molecule has 138 valence electrons. The van der Waals surface area contributed by atoms with Crippen LogP contribution in [0.15, 0.2) is 36.4 Å². The second kappa shape index (κ2) is 11.3. The van der Waals surface area contributed by atoms with Gasteiger partial charge in [0, 0.05) is 24.8 Å². The van der Waals surface area contributed by atoms with Gasteiger partial charge in [-0.2, -0.15) is 11.8 Å². The van der Waals surface area contributed by atoms with Crippen molar-refractivity contribution in [1.82, 2.24) is 4.90 Å². The van der Waals surface area contributed by atoms with Gasteiger partial charge in [-0.25, -0.2) is 4.39 Å². The van der Waals surface area contributed by atoms with Crippen LogP contribution in [0.1, 0.15) is 51.0 Å². The number of likely N-dealkylation sites (tertiary alicyclic amines) is 1. The van der Waals surface area contributed by atoms with Gasteiger partial charge in [0.05, 0.1) is 0 Å². The average molecular weight is 364 g/mol. The first-order chi connectivity index (χ1) is 12.2. The van der Waals surface area contributed by atoms with Crippen molar-refractivity contribution in [3.8, 4) is 0 Å². The number of piperidine rings is 1. The van der Waals surface area contributed by atoms with Gasteiger partial charge in [-0.15, -0.1) is 0 Å². The molecule has 1 atom stereocenters. The van der Waals surface area contributed by atoms with Gasteiger partial charge < -0.3 is 4.90 Å². The summed E-state index contributed by atoms with van der Waals surface area (Å²) in [5, 5.41) is 0. The number of rotatable bonds is 10. The highest BCUT2D eigenvalue weighted by molar-refractivity contribution is 7.99. The van der Waals surface area contributed by atoms with Crippen LogP contribution >= 0.6 is 11.8 Å². The second-order valence-corrected chi connectivity index (χ2v) is 7.83. The topological polar surface area (TPSA) is 20.3 Å². The van der Waals surface area contributed by atoms with Gasteiger partial charge in [0.25, 0.3) is 0 Å². The van der Waals surface area contributed by atoms with Crippen LogP contribution in [0.4, 0.5) is 4.39 Å². The number of nitrogens with zero attached hydrogens (tertiary/aromatic N) is 1. The predicted molar refractivity (Wildman–Crippen MR) is 105 cm³/mol. The van der Waals surface area contributed by atoms with Crippen molar-refractivity contribution in [3.05, 3.63) is 47.8 Å². The second-order valence-electron chi connectivity index (χ2n) is 6.61. The summed E-state index contributed by atoms with van der Waals surface area (Å²) in [5.41, 5.74) is 1.15. The lowest BCUT2D eigenvalue weighted by Crippen LogP contribution is -2.43. The minimum Gasteiger partial charge on any atom is -0.335 e. The van der Waals surface area contributed by atoms with E-state index in [0.717, 1.165) is 43.5 Å². The third kappa shape index (κ3) is 7.23. The van der Waals surface area contributed by atoms with Crippen LogP contribution in [0.3, 0.4) is 0 Å². The van der Waals surface area contributed by atoms with E-state index >= 15 is 0 Å². The summed E-state index contributed by atoms with van der Waals surface area (Å²) in [6, 6.07) is 6.95. The van der Waals surface area contributed by atoms with Crippen LogP contribution in [0.25, 0.3) is 0 Å². The quantitative estimate of drug-likeness (QED) is 0.419. The lowest BCUT2D eigenvalue weighted by atomic mass is 10.0. The highest BCUT2D eigenvalue weighted by Gasteiger charge is 2.25. The highest BCUT2D eigenvalue weighted by atomic mass is 32.2. The molecular formula is C21H30FNOS. The molecule has 0 aliphatic carbocycles. The molecule has 1 aromatic rings. The van der Waals surface area contributed by atoms with E-state index in [4.69, 9.17) is 0 Å². The third-order valence-electron chi connectivity index (χ3n) is 4.60. The number of unbranched alkanes of at least 4 members (excludes halogenated alkanes) is 1. The van der Waals surface area contributed by atoms with Crippen molar-refractivity contribution in [2.24, 2.45) is 0 Å². The van der Waals surface area contributed by atoms with E-state index in [1.54, 1.807) is 0 Å². The Labute approximate surface area is 155 Å². The Hall–Kier alpha value is -1.29. The number of hydrogen-bond donors (Lipinski definition) is 0. The monoisotopic (exact) mass is 363 g/mol. The summed E-state index contributed by atoms with van der Waals surface area (Å²) in [6.45, 7) is 3.07. The summed E-state index contributed by atoms with van der Waals surface area (Å²) in [5.74, 6) is 2.34. The number of halogens is 1. The van der Waals surface area contributed by atoms with Gasteiger partial charge in [0.2, 0.25) is 5.91 Å². The number of amides is 1. The first-order valence-corrected chi connectivity index (χ1v) is 10.6. The van der Waals surface area contributed by atoms with Crippen LogP contribution in [0, 0.1) is 5.82 Å². The van der Waals surface area contributed by atoms with Crippen molar-refractivity contribution in [1.29, 1.82) is 0 Å². The minimum atomic E-state index is -0.188. The van der Waals surface area contributed by atoms with Crippen molar-refractivity contribution in [3.63, 3.8) is 0 Å². The van der Waals surface area contributed by atoms with E-state index in [2.05, 4.69) is 24.0 Å². The van der Waals surface area contributed by atoms with Crippen molar-refractivity contribution >= 4 is 17.7 Å². The van der Waals surface area contributed by atoms with Crippen molar-refractivity contribution in [2.45, 2.75) is 57.9 Å². The Morgan fingerprint density at radius 3 is 2.84 bits per heavy atom. The fraction of sp³-hybridized carbons (Fsp3) is 0.571. The maximum Gasteiger partial charge on any atom is 0.223 e. The summed E-state index contributed by atoms with van der Waals surface area (Å²) in [7, 11) is 0. The fourth-order valence-corrected chi connectivity index (χ4v) is 4.13. The van der Waals surface area contributed by atoms with E-state index < -0.39 is 0 Å². The number of aryl methyl sites for hydroxylation is 1. The normalized spacial score (nSPS) is 18.2. The maximum absolute atomic E-state index is 12.9. The number of carbonyl (C=O) groups is 1. The molecule has 2 rings (SSSR count). The zero-order valence-electron chi connectivity index (χ0n) is 15.3. The van der Waals surface area contributed by atoms with E-state index in [9.17, 15) is 9.18 Å². The van der Waals surface area contributed by atoms with E-state index in [1.807, 2.05) is 23.9 Å². The molecule has 1 heterocycles. The zero-order valence-corrected chi connectivity index (χ0v) is 16.1. The predicted octanol–water partition coefficient (Wildman–Crippen LogP) is 5.23. The summed E-state index contributed by atoms with van der Waals surface area (Å²) in [6.07, 6.45) is 11.5. The smallest absolute Gasteiger partial charge is 0.223 e. The molecule has 1 fully saturated rings. The summed E-state index contributed by atoms with van der Waals surface area (Å²) < 4.78 is 12.9. The molecular weight excluding hydrogens is 333 g/mol. The summed E-state index contributed by atoms with van der Waals surface area (Å²) >= 11 is 1.95. The number of thioether (sulfide) groups is 1. The number of hydrogen-bond acceptors (Lipinski definition) is 2. The molecule has 1 aliphatic rings. The maximum atomic E-state index is 12.9. The van der Waals surface area contributed by atoms with Gasteiger partial charge in [0.15, 0.2) is 0 Å². The van der Waals surface area contributed by atoms with Crippen LogP contribution < -0.4 is 0 Å². The minimum absolute atomic E-state index is 0.188. The highest BCUT2D eigenvalue weighted by Crippen LogP contribution is 2.20. The standard InChI is InChI=1S/C21H30FNOS/c1-2-3-16-25-17-15-23-20(9-6-10-21(23)24)8-5-4-7-18-11-13-19(22)14-12-18/h5,8,11-14,20H,2-4,6-7,9-10,15-17H2,1H3/b8-5+. The molecule has 0 aromatic heterocycles.